The SMILES string of the molecule is NC(=O)c1cn2c(n1)CCN(c1nnc(-c3ccccc3)s1)CC2. The van der Waals surface area contributed by atoms with Crippen LogP contribution in [0.5, 0.6) is 0 Å². The van der Waals surface area contributed by atoms with Crippen LogP contribution in [0.4, 0.5) is 5.13 Å². The quantitative estimate of drug-likeness (QED) is 0.781. The Morgan fingerprint density at radius 1 is 1.12 bits per heavy atom. The molecule has 1 aromatic carbocycles. The fourth-order valence-electron chi connectivity index (χ4n) is 2.77. The van der Waals surface area contributed by atoms with Gasteiger partial charge in [0.25, 0.3) is 5.91 Å². The fraction of sp³-hybridized carbons (Fsp3) is 0.250. The molecular formula is C16H16N6OS. The number of anilines is 1. The van der Waals surface area contributed by atoms with Gasteiger partial charge in [-0.1, -0.05) is 41.7 Å². The maximum Gasteiger partial charge on any atom is 0.268 e. The van der Waals surface area contributed by atoms with E-state index in [4.69, 9.17) is 5.73 Å². The number of carbonyl (C=O) groups excluding carboxylic acids is 1. The molecule has 1 amide bonds. The van der Waals surface area contributed by atoms with E-state index in [-0.39, 0.29) is 0 Å². The molecule has 0 radical (unpaired) electrons. The zero-order valence-electron chi connectivity index (χ0n) is 12.9. The topological polar surface area (TPSA) is 89.9 Å². The molecule has 2 aromatic heterocycles. The lowest BCUT2D eigenvalue weighted by atomic mass is 10.2. The fourth-order valence-corrected chi connectivity index (χ4v) is 3.68. The largest absolute Gasteiger partial charge is 0.364 e. The summed E-state index contributed by atoms with van der Waals surface area (Å²) >= 11 is 1.59. The second-order valence-corrected chi connectivity index (χ2v) is 6.55. The zero-order valence-corrected chi connectivity index (χ0v) is 13.7. The van der Waals surface area contributed by atoms with Crippen LogP contribution in [-0.4, -0.2) is 38.7 Å². The molecule has 0 bridgehead atoms. The third kappa shape index (κ3) is 2.76. The van der Waals surface area contributed by atoms with Gasteiger partial charge in [-0.25, -0.2) is 4.98 Å². The molecule has 0 atom stereocenters. The first-order valence-electron chi connectivity index (χ1n) is 7.70. The molecule has 0 aliphatic carbocycles. The van der Waals surface area contributed by atoms with Crippen LogP contribution in [0.25, 0.3) is 10.6 Å². The molecule has 0 spiro atoms. The lowest BCUT2D eigenvalue weighted by molar-refractivity contribution is 0.0996. The lowest BCUT2D eigenvalue weighted by Gasteiger charge is -2.17. The molecule has 3 aromatic rings. The monoisotopic (exact) mass is 340 g/mol. The molecule has 0 saturated carbocycles. The predicted octanol–water partition coefficient (Wildman–Crippen LogP) is 1.56. The Morgan fingerprint density at radius 2 is 1.96 bits per heavy atom. The van der Waals surface area contributed by atoms with Crippen molar-refractivity contribution in [1.82, 2.24) is 19.7 Å². The van der Waals surface area contributed by atoms with Crippen molar-refractivity contribution >= 4 is 22.4 Å². The van der Waals surface area contributed by atoms with E-state index < -0.39 is 5.91 Å². The second-order valence-electron chi connectivity index (χ2n) is 5.59. The van der Waals surface area contributed by atoms with E-state index in [0.29, 0.717) is 5.69 Å². The molecule has 24 heavy (non-hydrogen) atoms. The average Bonchev–Trinajstić information content (AvgIpc) is 3.20. The summed E-state index contributed by atoms with van der Waals surface area (Å²) in [7, 11) is 0. The Morgan fingerprint density at radius 3 is 2.75 bits per heavy atom. The molecule has 2 N–H and O–H groups in total. The van der Waals surface area contributed by atoms with Crippen LogP contribution in [0.3, 0.4) is 0 Å². The summed E-state index contributed by atoms with van der Waals surface area (Å²) in [6, 6.07) is 10.1. The number of amides is 1. The number of benzene rings is 1. The first-order valence-corrected chi connectivity index (χ1v) is 8.52. The summed E-state index contributed by atoms with van der Waals surface area (Å²) < 4.78 is 2.00. The van der Waals surface area contributed by atoms with E-state index in [9.17, 15) is 4.79 Å². The van der Waals surface area contributed by atoms with Gasteiger partial charge >= 0.3 is 0 Å². The third-order valence-electron chi connectivity index (χ3n) is 4.03. The smallest absolute Gasteiger partial charge is 0.268 e. The van der Waals surface area contributed by atoms with Crippen LogP contribution < -0.4 is 10.6 Å². The Labute approximate surface area is 142 Å². The van der Waals surface area contributed by atoms with E-state index in [0.717, 1.165) is 47.6 Å². The number of nitrogens with two attached hydrogens (primary N) is 1. The van der Waals surface area contributed by atoms with Crippen LogP contribution in [0.2, 0.25) is 0 Å². The van der Waals surface area contributed by atoms with E-state index in [1.54, 1.807) is 17.5 Å². The number of imidazole rings is 1. The van der Waals surface area contributed by atoms with E-state index >= 15 is 0 Å². The van der Waals surface area contributed by atoms with Crippen LogP contribution >= 0.6 is 11.3 Å². The molecule has 0 saturated heterocycles. The maximum absolute atomic E-state index is 11.2. The number of primary amides is 1. The number of fused-ring (bicyclic) bond motifs is 1. The second kappa shape index (κ2) is 6.04. The highest BCUT2D eigenvalue weighted by Crippen LogP contribution is 2.29. The van der Waals surface area contributed by atoms with Crippen molar-refractivity contribution in [2.45, 2.75) is 13.0 Å². The van der Waals surface area contributed by atoms with Crippen molar-refractivity contribution in [2.24, 2.45) is 5.73 Å². The standard InChI is InChI=1S/C16H16N6OS/c17-14(23)12-10-22-9-8-21(7-6-13(22)18-12)16-20-19-15(24-16)11-4-2-1-3-5-11/h1-5,10H,6-9H2,(H2,17,23). The summed E-state index contributed by atoms with van der Waals surface area (Å²) in [5, 5.41) is 10.5. The highest BCUT2D eigenvalue weighted by molar-refractivity contribution is 7.18. The van der Waals surface area contributed by atoms with Crippen LogP contribution in [0.1, 0.15) is 16.3 Å². The molecule has 1 aliphatic rings. The van der Waals surface area contributed by atoms with Crippen LogP contribution in [0.15, 0.2) is 36.5 Å². The Bertz CT molecular complexity index is 846. The molecule has 8 heteroatoms. The van der Waals surface area contributed by atoms with E-state index in [1.807, 2.05) is 34.9 Å². The van der Waals surface area contributed by atoms with Crippen LogP contribution in [0, 0.1) is 0 Å². The molecule has 4 rings (SSSR count). The number of hydrogen-bond acceptors (Lipinski definition) is 6. The molecular weight excluding hydrogens is 324 g/mol. The van der Waals surface area contributed by atoms with Crippen molar-refractivity contribution in [3.8, 4) is 10.6 Å². The van der Waals surface area contributed by atoms with Crippen molar-refractivity contribution < 1.29 is 4.79 Å². The van der Waals surface area contributed by atoms with Gasteiger partial charge in [-0.2, -0.15) is 0 Å². The van der Waals surface area contributed by atoms with Crippen molar-refractivity contribution in [2.75, 3.05) is 18.0 Å². The minimum atomic E-state index is -0.482. The van der Waals surface area contributed by atoms with Crippen molar-refractivity contribution in [3.05, 3.63) is 48.0 Å². The van der Waals surface area contributed by atoms with E-state index in [1.165, 1.54) is 0 Å². The number of carbonyl (C=O) groups is 1. The molecule has 0 fully saturated rings. The molecule has 0 unspecified atom stereocenters. The number of nitrogens with zero attached hydrogens (tertiary/aromatic N) is 5. The Kier molecular flexibility index (Phi) is 3.73. The normalized spacial score (nSPS) is 14.2. The lowest BCUT2D eigenvalue weighted by Crippen LogP contribution is -2.26. The zero-order chi connectivity index (χ0) is 16.5. The highest BCUT2D eigenvalue weighted by atomic mass is 32.1. The average molecular weight is 340 g/mol. The van der Waals surface area contributed by atoms with Gasteiger partial charge in [0, 0.05) is 37.8 Å². The van der Waals surface area contributed by atoms with Gasteiger partial charge in [-0.3, -0.25) is 4.79 Å². The third-order valence-corrected chi connectivity index (χ3v) is 5.07. The summed E-state index contributed by atoms with van der Waals surface area (Å²) in [4.78, 5) is 17.8. The number of hydrogen-bond donors (Lipinski definition) is 1. The van der Waals surface area contributed by atoms with Gasteiger partial charge in [0.05, 0.1) is 0 Å². The van der Waals surface area contributed by atoms with Gasteiger partial charge in [-0.05, 0) is 0 Å². The van der Waals surface area contributed by atoms with Gasteiger partial charge in [0.2, 0.25) is 5.13 Å². The summed E-state index contributed by atoms with van der Waals surface area (Å²) in [5.74, 6) is 0.406. The van der Waals surface area contributed by atoms with Crippen molar-refractivity contribution in [1.29, 1.82) is 0 Å². The number of aromatic nitrogens is 4. The minimum Gasteiger partial charge on any atom is -0.364 e. The highest BCUT2D eigenvalue weighted by Gasteiger charge is 2.20. The maximum atomic E-state index is 11.2. The van der Waals surface area contributed by atoms with E-state index in [2.05, 4.69) is 20.1 Å². The van der Waals surface area contributed by atoms with Gasteiger partial charge in [-0.15, -0.1) is 10.2 Å². The molecule has 7 nitrogen and oxygen atoms in total. The van der Waals surface area contributed by atoms with Crippen molar-refractivity contribution in [3.63, 3.8) is 0 Å². The number of rotatable bonds is 3. The molecule has 1 aliphatic heterocycles. The summed E-state index contributed by atoms with van der Waals surface area (Å²) in [6.45, 7) is 2.33. The minimum absolute atomic E-state index is 0.334. The summed E-state index contributed by atoms with van der Waals surface area (Å²) in [5.41, 5.74) is 6.71. The Balaban J connectivity index is 1.52. The molecule has 122 valence electrons. The predicted molar refractivity (Wildman–Crippen MR) is 92.0 cm³/mol. The van der Waals surface area contributed by atoms with Crippen LogP contribution in [-0.2, 0) is 13.0 Å². The summed E-state index contributed by atoms with van der Waals surface area (Å²) in [6.07, 6.45) is 2.48. The first-order chi connectivity index (χ1) is 11.7. The van der Waals surface area contributed by atoms with Gasteiger partial charge in [0.1, 0.15) is 16.5 Å². The van der Waals surface area contributed by atoms with Gasteiger partial charge in [0.15, 0.2) is 0 Å². The van der Waals surface area contributed by atoms with Gasteiger partial charge < -0.3 is 15.2 Å². The molecule has 3 heterocycles. The first kappa shape index (κ1) is 14.8. The Hall–Kier alpha value is -2.74.